The Kier molecular flexibility index (Phi) is 18.3. The van der Waals surface area contributed by atoms with Gasteiger partial charge in [0, 0.05) is 107 Å². The molecule has 0 saturated carbocycles. The molecule has 0 spiro atoms. The molecule has 2 aromatic rings. The van der Waals surface area contributed by atoms with E-state index in [0.29, 0.717) is 117 Å². The minimum Gasteiger partial charge on any atom is -0.444 e. The summed E-state index contributed by atoms with van der Waals surface area (Å²) in [6, 6.07) is 5.89. The Morgan fingerprint density at radius 2 is 1.57 bits per heavy atom. The highest BCUT2D eigenvalue weighted by molar-refractivity contribution is 6.23. The number of hydrogen-bond donors (Lipinski definition) is 4. The first-order valence-electron chi connectivity index (χ1n) is 25.9. The predicted molar refractivity (Wildman–Crippen MR) is 283 cm³/mol. The molecule has 1 saturated heterocycles. The molecule has 0 aliphatic carbocycles. The second-order valence-corrected chi connectivity index (χ2v) is 20.4. The lowest BCUT2D eigenvalue weighted by Crippen LogP contribution is -2.47. The van der Waals surface area contributed by atoms with E-state index < -0.39 is 17.6 Å². The molecule has 2 aromatic heterocycles. The van der Waals surface area contributed by atoms with Crippen molar-refractivity contribution in [3.8, 4) is 0 Å². The van der Waals surface area contributed by atoms with Crippen LogP contribution < -0.4 is 5.32 Å². The Morgan fingerprint density at radius 1 is 0.878 bits per heavy atom. The number of nitrogens with one attached hydrogen (secondary N) is 3. The Balaban J connectivity index is 1.33. The standard InChI is InChI=1S/C55H75N9O10/c1-11-37-33(2)41-31-45-38(12-14-47(67)62(10)20-24-72-28-29-73-27-23-65)34(3)40(58-45)30-42-35(4)39(13-15-46(66)61(9)17-16-56-54(70)74-55(6,7)8)50(59-42)49-51-48(36(5)43(60-51)32-44(37)57-41)52(68)64(53(49)69)19-18-63-21-25-71-26-22-63/h12,14,30-32,35,39,59-60,65H,11,13,15-29H2,1-10H3,(H,56,70)/b14-12+,42-30?,44-32?,45-31?,50-49?/t35-,39-/m0/s1. The Morgan fingerprint density at radius 3 is 2.27 bits per heavy atom. The number of H-pyrrole nitrogens is 2. The molecule has 7 heterocycles. The number of aliphatic hydroxyl groups excluding tert-OH is 1. The van der Waals surface area contributed by atoms with Crippen molar-refractivity contribution in [2.24, 2.45) is 0 Å². The highest BCUT2D eigenvalue weighted by Crippen LogP contribution is 2.45. The molecule has 19 nitrogen and oxygen atoms in total. The van der Waals surface area contributed by atoms with Crippen molar-refractivity contribution in [2.45, 2.75) is 92.1 Å². The smallest absolute Gasteiger partial charge is 0.407 e. The molecule has 4 N–H and O–H groups in total. The number of morpholine rings is 1. The summed E-state index contributed by atoms with van der Waals surface area (Å²) >= 11 is 0. The maximum absolute atomic E-state index is 15.3. The predicted octanol–water partition coefficient (Wildman–Crippen LogP) is 6.24. The Hall–Kier alpha value is -6.25. The van der Waals surface area contributed by atoms with Crippen molar-refractivity contribution in [1.82, 2.24) is 44.9 Å². The molecule has 8 bridgehead atoms. The number of fused-ring (bicyclic) bond motifs is 8. The number of hydrogen-bond acceptors (Lipinski definition) is 13. The Labute approximate surface area is 434 Å². The fourth-order valence-corrected chi connectivity index (χ4v) is 9.87. The van der Waals surface area contributed by atoms with Crippen molar-refractivity contribution in [3.05, 3.63) is 81.2 Å². The van der Waals surface area contributed by atoms with E-state index in [0.717, 1.165) is 39.4 Å². The van der Waals surface area contributed by atoms with Gasteiger partial charge in [-0.25, -0.2) is 14.8 Å². The number of nitrogens with zero attached hydrogens (tertiary/aromatic N) is 6. The summed E-state index contributed by atoms with van der Waals surface area (Å²) in [6.45, 7) is 20.6. The number of imide groups is 1. The van der Waals surface area contributed by atoms with Crippen LogP contribution in [0.1, 0.15) is 140 Å². The Bertz CT molecular complexity index is 2780. The summed E-state index contributed by atoms with van der Waals surface area (Å²) in [5.41, 5.74) is 9.52. The van der Waals surface area contributed by atoms with Crippen LogP contribution >= 0.6 is 0 Å². The number of ether oxygens (including phenoxy) is 4. The monoisotopic (exact) mass is 1020 g/mol. The van der Waals surface area contributed by atoms with Crippen LogP contribution in [0.25, 0.3) is 33.3 Å². The zero-order chi connectivity index (χ0) is 53.4. The van der Waals surface area contributed by atoms with Gasteiger partial charge in [0.25, 0.3) is 11.8 Å². The third-order valence-electron chi connectivity index (χ3n) is 14.3. The molecule has 2 atom stereocenters. The molecule has 0 unspecified atom stereocenters. The molecule has 400 valence electrons. The lowest BCUT2D eigenvalue weighted by atomic mass is 9.84. The second kappa shape index (κ2) is 24.4. The van der Waals surface area contributed by atoms with Crippen LogP contribution in [0.3, 0.4) is 0 Å². The molecular formula is C55H75N9O10. The van der Waals surface area contributed by atoms with E-state index in [4.69, 9.17) is 34.0 Å². The summed E-state index contributed by atoms with van der Waals surface area (Å²) in [6.07, 6.45) is 3.93. The van der Waals surface area contributed by atoms with Gasteiger partial charge < -0.3 is 49.1 Å². The number of allylic oxidation sites excluding steroid dienone is 5. The maximum Gasteiger partial charge on any atom is 0.407 e. The van der Waals surface area contributed by atoms with Gasteiger partial charge in [0.05, 0.1) is 85.7 Å². The van der Waals surface area contributed by atoms with Crippen LogP contribution in [0.5, 0.6) is 0 Å². The SMILES string of the molecule is CCC1=C(C)c2cc3nc(cc4[nH]c(c5c6[nH]c(cc1n2)c(C)c6C(=O)N(CCN1CCOCC1)C5=O)[C@@H](CCC(=O)N(C)CCNC(=O)OC(C)(C)C)[C@@H]4C)C(C)=C3/C=C/C(=O)N(C)CCOCCOCCO. The quantitative estimate of drug-likeness (QED) is 0.0656. The van der Waals surface area contributed by atoms with Crippen LogP contribution in [-0.4, -0.2) is 186 Å². The highest BCUT2D eigenvalue weighted by atomic mass is 16.6. The normalized spacial score (nSPS) is 17.6. The molecule has 7 rings (SSSR count). The number of rotatable bonds is 20. The van der Waals surface area contributed by atoms with Gasteiger partial charge in [-0.15, -0.1) is 0 Å². The van der Waals surface area contributed by atoms with Gasteiger partial charge in [-0.1, -0.05) is 13.8 Å². The van der Waals surface area contributed by atoms with E-state index in [2.05, 4.69) is 34.0 Å². The summed E-state index contributed by atoms with van der Waals surface area (Å²) < 4.78 is 21.9. The van der Waals surface area contributed by atoms with Crippen LogP contribution in [0.4, 0.5) is 4.79 Å². The number of carbonyl (C=O) groups excluding carboxylic acids is 5. The second-order valence-electron chi connectivity index (χ2n) is 20.4. The average molecular weight is 1020 g/mol. The lowest BCUT2D eigenvalue weighted by molar-refractivity contribution is -0.130. The van der Waals surface area contributed by atoms with Crippen LogP contribution in [0, 0.1) is 6.92 Å². The first-order valence-corrected chi connectivity index (χ1v) is 25.9. The van der Waals surface area contributed by atoms with E-state index in [9.17, 15) is 19.2 Å². The topological polar surface area (TPSA) is 225 Å². The third kappa shape index (κ3) is 12.8. The fourth-order valence-electron chi connectivity index (χ4n) is 9.87. The molecular weight excluding hydrogens is 947 g/mol. The van der Waals surface area contributed by atoms with E-state index >= 15 is 4.79 Å². The van der Waals surface area contributed by atoms with E-state index in [1.807, 2.05) is 39.0 Å². The van der Waals surface area contributed by atoms with Gasteiger partial charge in [0.2, 0.25) is 11.8 Å². The minimum absolute atomic E-state index is 0.0577. The van der Waals surface area contributed by atoms with Crippen molar-refractivity contribution in [1.29, 1.82) is 0 Å². The number of aromatic nitrogens is 4. The molecule has 1 fully saturated rings. The molecule has 0 radical (unpaired) electrons. The fraction of sp³-hybridized carbons (Fsp3) is 0.545. The van der Waals surface area contributed by atoms with Crippen molar-refractivity contribution < 1.29 is 48.0 Å². The third-order valence-corrected chi connectivity index (χ3v) is 14.3. The van der Waals surface area contributed by atoms with Crippen LogP contribution in [0.15, 0.2) is 30.4 Å². The molecule has 5 aliphatic rings. The van der Waals surface area contributed by atoms with Crippen LogP contribution in [0.2, 0.25) is 0 Å². The molecule has 19 heteroatoms. The number of carbonyl (C=O) groups is 5. The molecule has 0 aromatic carbocycles. The summed E-state index contributed by atoms with van der Waals surface area (Å²) in [4.78, 5) is 94.2. The van der Waals surface area contributed by atoms with Crippen LogP contribution in [-0.2, 0) is 28.5 Å². The van der Waals surface area contributed by atoms with Gasteiger partial charge in [0.15, 0.2) is 0 Å². The zero-order valence-electron chi connectivity index (χ0n) is 44.9. The summed E-state index contributed by atoms with van der Waals surface area (Å²) in [5.74, 6) is -1.80. The maximum atomic E-state index is 15.3. The number of alkyl carbamates (subject to hydrolysis) is 1. The number of likely N-dealkylation sites (N-methyl/N-ethyl adjacent to an activating group) is 2. The van der Waals surface area contributed by atoms with E-state index in [1.165, 1.54) is 11.0 Å². The minimum atomic E-state index is -0.661. The van der Waals surface area contributed by atoms with E-state index in [1.54, 1.807) is 50.7 Å². The van der Waals surface area contributed by atoms with Crippen molar-refractivity contribution in [3.63, 3.8) is 0 Å². The van der Waals surface area contributed by atoms with Gasteiger partial charge in [0.1, 0.15) is 5.60 Å². The molecule has 5 amide bonds. The first kappa shape index (κ1) is 55.5. The van der Waals surface area contributed by atoms with Gasteiger partial charge in [-0.05, 0) is 101 Å². The number of aryl methyl sites for hydroxylation is 1. The summed E-state index contributed by atoms with van der Waals surface area (Å²) in [5, 5.41) is 11.7. The van der Waals surface area contributed by atoms with Crippen molar-refractivity contribution in [2.75, 3.05) is 106 Å². The first-order chi connectivity index (χ1) is 35.3. The van der Waals surface area contributed by atoms with Crippen molar-refractivity contribution >= 4 is 63.0 Å². The molecule has 5 aliphatic heterocycles. The van der Waals surface area contributed by atoms with Gasteiger partial charge in [-0.2, -0.15) is 0 Å². The average Bonchev–Trinajstić information content (AvgIpc) is 4.04. The lowest BCUT2D eigenvalue weighted by Gasteiger charge is -2.31. The number of aromatic amines is 2. The zero-order valence-corrected chi connectivity index (χ0v) is 44.9. The van der Waals surface area contributed by atoms with Gasteiger partial charge in [-0.3, -0.25) is 29.0 Å². The van der Waals surface area contributed by atoms with E-state index in [-0.39, 0.29) is 68.8 Å². The summed E-state index contributed by atoms with van der Waals surface area (Å²) in [7, 11) is 3.41. The molecule has 74 heavy (non-hydrogen) atoms. The largest absolute Gasteiger partial charge is 0.444 e. The highest BCUT2D eigenvalue weighted by Gasteiger charge is 2.41. The number of aliphatic hydroxyl groups is 1. The number of amides is 5. The van der Waals surface area contributed by atoms with Gasteiger partial charge >= 0.3 is 6.09 Å².